The molecular weight excluding hydrogens is 420 g/mol. The van der Waals surface area contributed by atoms with Crippen molar-refractivity contribution in [2.24, 2.45) is 5.92 Å². The lowest BCUT2D eigenvalue weighted by Crippen LogP contribution is -2.39. The molecule has 9 nitrogen and oxygen atoms in total. The largest absolute Gasteiger partial charge is 0.491 e. The highest BCUT2D eigenvalue weighted by Gasteiger charge is 2.54. The van der Waals surface area contributed by atoms with E-state index in [4.69, 9.17) is 9.47 Å². The van der Waals surface area contributed by atoms with E-state index in [0.717, 1.165) is 0 Å². The maximum absolute atomic E-state index is 13.3. The zero-order valence-corrected chi connectivity index (χ0v) is 18.3. The van der Waals surface area contributed by atoms with Gasteiger partial charge in [0, 0.05) is 17.0 Å². The number of rotatable bonds is 8. The number of fused-ring (bicyclic) bond motifs is 1. The van der Waals surface area contributed by atoms with Crippen molar-refractivity contribution in [3.8, 4) is 11.6 Å². The van der Waals surface area contributed by atoms with E-state index in [-0.39, 0.29) is 10.8 Å². The number of carbonyl (C=O) groups excluding carboxylic acids is 1. The van der Waals surface area contributed by atoms with Crippen molar-refractivity contribution >= 4 is 26.8 Å². The van der Waals surface area contributed by atoms with Gasteiger partial charge in [0.25, 0.3) is 10.0 Å². The third-order valence-electron chi connectivity index (χ3n) is 5.29. The number of hydrogen-bond acceptors (Lipinski definition) is 7. The number of hydrogen-bond donors (Lipinski definition) is 2. The van der Waals surface area contributed by atoms with Crippen molar-refractivity contribution in [3.63, 3.8) is 0 Å². The van der Waals surface area contributed by atoms with E-state index >= 15 is 0 Å². The standard InChI is InChI=1S/C21H24N4O5S/c1-13(2)12-30-17-11-22-19(29-3)9-15(17)21(7-8-21)20(26)25-31(27,28)18-6-4-5-16-14(18)10-23-24-16/h4-6,9-11,13H,7-8,12H2,1-3H3,(H,23,24)(H,25,26). The first kappa shape index (κ1) is 21.1. The van der Waals surface area contributed by atoms with E-state index in [0.29, 0.717) is 47.5 Å². The number of nitrogens with one attached hydrogen (secondary N) is 2. The highest BCUT2D eigenvalue weighted by Crippen LogP contribution is 2.52. The molecule has 0 saturated heterocycles. The van der Waals surface area contributed by atoms with Gasteiger partial charge >= 0.3 is 0 Å². The molecule has 1 amide bonds. The van der Waals surface area contributed by atoms with Gasteiger partial charge in [0.15, 0.2) is 0 Å². The first-order valence-electron chi connectivity index (χ1n) is 9.93. The predicted octanol–water partition coefficient (Wildman–Crippen LogP) is 2.54. The first-order valence-corrected chi connectivity index (χ1v) is 11.4. The Hall–Kier alpha value is -3.14. The van der Waals surface area contributed by atoms with Crippen molar-refractivity contribution in [2.75, 3.05) is 13.7 Å². The average molecular weight is 445 g/mol. The van der Waals surface area contributed by atoms with E-state index in [1.54, 1.807) is 18.2 Å². The lowest BCUT2D eigenvalue weighted by atomic mass is 9.95. The van der Waals surface area contributed by atoms with E-state index in [1.807, 2.05) is 13.8 Å². The van der Waals surface area contributed by atoms with Crippen LogP contribution in [0.1, 0.15) is 32.3 Å². The maximum Gasteiger partial charge on any atom is 0.264 e. The first-order chi connectivity index (χ1) is 14.8. The smallest absolute Gasteiger partial charge is 0.264 e. The van der Waals surface area contributed by atoms with Crippen LogP contribution in [0.3, 0.4) is 0 Å². The lowest BCUT2D eigenvalue weighted by Gasteiger charge is -2.20. The molecule has 2 N–H and O–H groups in total. The van der Waals surface area contributed by atoms with Crippen LogP contribution in [-0.2, 0) is 20.2 Å². The summed E-state index contributed by atoms with van der Waals surface area (Å²) in [6, 6.07) is 6.40. The van der Waals surface area contributed by atoms with Gasteiger partial charge in [-0.3, -0.25) is 9.89 Å². The number of aromatic nitrogens is 3. The summed E-state index contributed by atoms with van der Waals surface area (Å²) in [5.41, 5.74) is 0.133. The summed E-state index contributed by atoms with van der Waals surface area (Å²) in [7, 11) is -2.63. The number of aromatic amines is 1. The Balaban J connectivity index is 1.67. The van der Waals surface area contributed by atoms with Crippen LogP contribution in [0.4, 0.5) is 0 Å². The topological polar surface area (TPSA) is 123 Å². The summed E-state index contributed by atoms with van der Waals surface area (Å²) in [5, 5.41) is 7.04. The number of pyridine rings is 1. The molecule has 164 valence electrons. The van der Waals surface area contributed by atoms with Crippen molar-refractivity contribution in [2.45, 2.75) is 37.0 Å². The van der Waals surface area contributed by atoms with E-state index in [9.17, 15) is 13.2 Å². The second kappa shape index (κ2) is 7.84. The lowest BCUT2D eigenvalue weighted by molar-refractivity contribution is -0.121. The molecule has 10 heteroatoms. The minimum Gasteiger partial charge on any atom is -0.491 e. The van der Waals surface area contributed by atoms with Gasteiger partial charge in [-0.1, -0.05) is 19.9 Å². The Morgan fingerprint density at radius 2 is 2.06 bits per heavy atom. The van der Waals surface area contributed by atoms with Gasteiger partial charge in [0.05, 0.1) is 41.9 Å². The van der Waals surface area contributed by atoms with Crippen molar-refractivity contribution in [1.82, 2.24) is 19.9 Å². The van der Waals surface area contributed by atoms with Crippen molar-refractivity contribution in [1.29, 1.82) is 0 Å². The zero-order valence-electron chi connectivity index (χ0n) is 17.5. The van der Waals surface area contributed by atoms with E-state index < -0.39 is 21.3 Å². The van der Waals surface area contributed by atoms with Gasteiger partial charge in [-0.25, -0.2) is 18.1 Å². The summed E-state index contributed by atoms with van der Waals surface area (Å²) < 4.78 is 39.4. The second-order valence-corrected chi connectivity index (χ2v) is 9.68. The number of H-pyrrole nitrogens is 1. The fourth-order valence-electron chi connectivity index (χ4n) is 3.47. The monoisotopic (exact) mass is 444 g/mol. The fourth-order valence-corrected chi connectivity index (χ4v) is 4.73. The number of ether oxygens (including phenoxy) is 2. The minimum absolute atomic E-state index is 0.00788. The van der Waals surface area contributed by atoms with Crippen LogP contribution in [0.15, 0.2) is 41.6 Å². The summed E-state index contributed by atoms with van der Waals surface area (Å²) in [6.07, 6.45) is 3.93. The van der Waals surface area contributed by atoms with Gasteiger partial charge in [-0.15, -0.1) is 0 Å². The van der Waals surface area contributed by atoms with Crippen molar-refractivity contribution < 1.29 is 22.7 Å². The fraction of sp³-hybridized carbons (Fsp3) is 0.381. The van der Waals surface area contributed by atoms with Crippen molar-refractivity contribution in [3.05, 3.63) is 42.2 Å². The highest BCUT2D eigenvalue weighted by molar-refractivity contribution is 7.90. The summed E-state index contributed by atoms with van der Waals surface area (Å²) in [6.45, 7) is 4.47. The molecular formula is C21H24N4O5S. The Bertz CT molecular complexity index is 1230. The molecule has 1 aliphatic carbocycles. The SMILES string of the molecule is COc1cc(C2(C(=O)NS(=O)(=O)c3cccc4[nH]ncc34)CC2)c(OCC(C)C)cn1. The van der Waals surface area contributed by atoms with Crippen LogP contribution in [0, 0.1) is 5.92 Å². The molecule has 0 spiro atoms. The van der Waals surface area contributed by atoms with Gasteiger partial charge in [-0.2, -0.15) is 5.10 Å². The molecule has 1 aromatic carbocycles. The van der Waals surface area contributed by atoms with Crippen LogP contribution in [0.2, 0.25) is 0 Å². The highest BCUT2D eigenvalue weighted by atomic mass is 32.2. The predicted molar refractivity (Wildman–Crippen MR) is 113 cm³/mol. The minimum atomic E-state index is -4.11. The average Bonchev–Trinajstić information content (AvgIpc) is 3.41. The molecule has 3 aromatic rings. The molecule has 2 aromatic heterocycles. The molecule has 2 heterocycles. The molecule has 31 heavy (non-hydrogen) atoms. The summed E-state index contributed by atoms with van der Waals surface area (Å²) in [4.78, 5) is 17.4. The number of methoxy groups -OCH3 is 1. The normalized spacial score (nSPS) is 15.1. The van der Waals surface area contributed by atoms with E-state index in [2.05, 4.69) is 19.9 Å². The summed E-state index contributed by atoms with van der Waals surface area (Å²) in [5.74, 6) is 0.457. The molecule has 1 saturated carbocycles. The number of sulfonamides is 1. The molecule has 1 aliphatic rings. The molecule has 0 radical (unpaired) electrons. The van der Waals surface area contributed by atoms with E-state index in [1.165, 1.54) is 25.6 Å². The summed E-state index contributed by atoms with van der Waals surface area (Å²) >= 11 is 0. The third kappa shape index (κ3) is 3.95. The van der Waals surface area contributed by atoms with Crippen LogP contribution in [0.25, 0.3) is 10.9 Å². The van der Waals surface area contributed by atoms with Crippen LogP contribution in [0.5, 0.6) is 11.6 Å². The quantitative estimate of drug-likeness (QED) is 0.547. The van der Waals surface area contributed by atoms with Gasteiger partial charge in [0.1, 0.15) is 5.75 Å². The third-order valence-corrected chi connectivity index (χ3v) is 6.67. The number of benzene rings is 1. The van der Waals surface area contributed by atoms with Crippen LogP contribution >= 0.6 is 0 Å². The maximum atomic E-state index is 13.3. The molecule has 1 fully saturated rings. The van der Waals surface area contributed by atoms with Crippen LogP contribution < -0.4 is 14.2 Å². The zero-order chi connectivity index (χ0) is 22.2. The molecule has 0 unspecified atom stereocenters. The second-order valence-electron chi connectivity index (χ2n) is 8.03. The molecule has 0 bridgehead atoms. The number of nitrogens with zero attached hydrogens (tertiary/aromatic N) is 2. The Labute approximate surface area is 180 Å². The molecule has 0 aliphatic heterocycles. The Morgan fingerprint density at radius 1 is 1.29 bits per heavy atom. The number of amides is 1. The van der Waals surface area contributed by atoms with Gasteiger partial charge < -0.3 is 9.47 Å². The molecule has 4 rings (SSSR count). The number of carbonyl (C=O) groups is 1. The molecule has 0 atom stereocenters. The van der Waals surface area contributed by atoms with Gasteiger partial charge in [0.2, 0.25) is 11.8 Å². The Kier molecular flexibility index (Phi) is 5.34. The van der Waals surface area contributed by atoms with Gasteiger partial charge in [-0.05, 0) is 30.9 Å². The Morgan fingerprint density at radius 3 is 2.74 bits per heavy atom. The van der Waals surface area contributed by atoms with Crippen LogP contribution in [-0.4, -0.2) is 43.2 Å².